The van der Waals surface area contributed by atoms with Gasteiger partial charge in [0.1, 0.15) is 6.10 Å². The molecule has 1 nitrogen and oxygen atoms in total. The van der Waals surface area contributed by atoms with Crippen LogP contribution in [0.4, 0.5) is 0 Å². The Bertz CT molecular complexity index is 356. The van der Waals surface area contributed by atoms with E-state index >= 15 is 0 Å². The van der Waals surface area contributed by atoms with Gasteiger partial charge in [-0.3, -0.25) is 0 Å². The number of ether oxygens (including phenoxy) is 1. The van der Waals surface area contributed by atoms with Crippen LogP contribution in [0.15, 0.2) is 23.5 Å². The Morgan fingerprint density at radius 3 is 2.53 bits per heavy atom. The van der Waals surface area contributed by atoms with Crippen LogP contribution in [0.5, 0.6) is 0 Å². The van der Waals surface area contributed by atoms with Crippen LogP contribution in [-0.2, 0) is 4.74 Å². The van der Waals surface area contributed by atoms with Gasteiger partial charge in [-0.05, 0) is 57.1 Å². The van der Waals surface area contributed by atoms with E-state index in [0.29, 0.717) is 11.3 Å². The van der Waals surface area contributed by atoms with Gasteiger partial charge >= 0.3 is 0 Å². The number of hydrogen-bond acceptors (Lipinski definition) is 1. The molecule has 0 spiro atoms. The zero-order chi connectivity index (χ0) is 13.9. The highest BCUT2D eigenvalue weighted by Crippen LogP contribution is 2.38. The standard InChI is InChI=1S/C18H30O/c1-5-17(15-9-7-6-8-10-15)19-16-11-14(2)12-18(3,4)13-16/h5,11,15-16H,6-10,12-13H2,1-4H3. The summed E-state index contributed by atoms with van der Waals surface area (Å²) >= 11 is 0. The molecule has 0 radical (unpaired) electrons. The average molecular weight is 262 g/mol. The van der Waals surface area contributed by atoms with Gasteiger partial charge in [-0.1, -0.05) is 38.7 Å². The first-order valence-corrected chi connectivity index (χ1v) is 8.00. The topological polar surface area (TPSA) is 9.23 Å². The lowest BCUT2D eigenvalue weighted by Gasteiger charge is -2.36. The van der Waals surface area contributed by atoms with Crippen LogP contribution in [0.25, 0.3) is 0 Å². The smallest absolute Gasteiger partial charge is 0.117 e. The Morgan fingerprint density at radius 1 is 1.26 bits per heavy atom. The molecular weight excluding hydrogens is 232 g/mol. The predicted octanol–water partition coefficient (Wildman–Crippen LogP) is 5.62. The van der Waals surface area contributed by atoms with Gasteiger partial charge in [-0.15, -0.1) is 0 Å². The summed E-state index contributed by atoms with van der Waals surface area (Å²) in [5.74, 6) is 1.93. The molecule has 0 aromatic heterocycles. The minimum atomic E-state index is 0.289. The number of rotatable bonds is 3. The van der Waals surface area contributed by atoms with Gasteiger partial charge in [-0.25, -0.2) is 0 Å². The van der Waals surface area contributed by atoms with E-state index in [4.69, 9.17) is 4.74 Å². The third kappa shape index (κ3) is 4.12. The Labute approximate surface area is 119 Å². The Hall–Kier alpha value is -0.720. The highest BCUT2D eigenvalue weighted by molar-refractivity contribution is 5.12. The summed E-state index contributed by atoms with van der Waals surface area (Å²) in [7, 11) is 0. The molecule has 1 unspecified atom stereocenters. The molecular formula is C18H30O. The fraction of sp³-hybridized carbons (Fsp3) is 0.778. The Balaban J connectivity index is 2.00. The first-order chi connectivity index (χ1) is 9.00. The zero-order valence-corrected chi connectivity index (χ0v) is 13.2. The maximum atomic E-state index is 6.37. The van der Waals surface area contributed by atoms with Gasteiger partial charge in [0.05, 0.1) is 5.76 Å². The van der Waals surface area contributed by atoms with Crippen molar-refractivity contribution >= 4 is 0 Å². The molecule has 0 heterocycles. The molecule has 2 aliphatic rings. The van der Waals surface area contributed by atoms with Crippen molar-refractivity contribution in [3.63, 3.8) is 0 Å². The van der Waals surface area contributed by atoms with Crippen LogP contribution in [0.3, 0.4) is 0 Å². The summed E-state index contributed by atoms with van der Waals surface area (Å²) in [6.45, 7) is 9.09. The van der Waals surface area contributed by atoms with E-state index in [1.807, 2.05) is 0 Å². The molecule has 1 saturated carbocycles. The Kier molecular flexibility index (Phi) is 4.76. The summed E-state index contributed by atoms with van der Waals surface area (Å²) < 4.78 is 6.37. The van der Waals surface area contributed by atoms with E-state index in [2.05, 4.69) is 39.8 Å². The van der Waals surface area contributed by atoms with Crippen molar-refractivity contribution in [1.82, 2.24) is 0 Å². The first kappa shape index (κ1) is 14.7. The number of allylic oxidation sites excluding steroid dienone is 3. The van der Waals surface area contributed by atoms with E-state index in [-0.39, 0.29) is 6.10 Å². The molecule has 0 N–H and O–H groups in total. The van der Waals surface area contributed by atoms with Crippen LogP contribution < -0.4 is 0 Å². The van der Waals surface area contributed by atoms with Crippen molar-refractivity contribution < 1.29 is 4.74 Å². The maximum Gasteiger partial charge on any atom is 0.117 e. The molecule has 108 valence electrons. The van der Waals surface area contributed by atoms with Crippen molar-refractivity contribution in [2.75, 3.05) is 0 Å². The minimum Gasteiger partial charge on any atom is -0.491 e. The lowest BCUT2D eigenvalue weighted by Crippen LogP contribution is -2.27. The van der Waals surface area contributed by atoms with Gasteiger partial charge in [0, 0.05) is 5.92 Å². The maximum absolute atomic E-state index is 6.37. The molecule has 1 atom stereocenters. The summed E-state index contributed by atoms with van der Waals surface area (Å²) in [4.78, 5) is 0. The summed E-state index contributed by atoms with van der Waals surface area (Å²) in [6, 6.07) is 0. The molecule has 2 rings (SSSR count). The van der Waals surface area contributed by atoms with Gasteiger partial charge in [0.2, 0.25) is 0 Å². The largest absolute Gasteiger partial charge is 0.491 e. The lowest BCUT2D eigenvalue weighted by atomic mass is 9.76. The van der Waals surface area contributed by atoms with Crippen LogP contribution >= 0.6 is 0 Å². The molecule has 0 aromatic rings. The van der Waals surface area contributed by atoms with Crippen molar-refractivity contribution in [2.45, 2.75) is 78.7 Å². The summed E-state index contributed by atoms with van der Waals surface area (Å²) in [6.07, 6.45) is 14.0. The van der Waals surface area contributed by atoms with Crippen molar-refractivity contribution in [2.24, 2.45) is 11.3 Å². The monoisotopic (exact) mass is 262 g/mol. The second kappa shape index (κ2) is 6.15. The van der Waals surface area contributed by atoms with E-state index in [0.717, 1.165) is 6.42 Å². The fourth-order valence-electron chi connectivity index (χ4n) is 3.84. The average Bonchev–Trinajstić information content (AvgIpc) is 2.34. The SMILES string of the molecule is CC=C(OC1C=C(C)CC(C)(C)C1)C1CCCCC1. The molecule has 2 aliphatic carbocycles. The van der Waals surface area contributed by atoms with Gasteiger partial charge < -0.3 is 4.74 Å². The fourth-order valence-corrected chi connectivity index (χ4v) is 3.84. The second-order valence-electron chi connectivity index (χ2n) is 7.24. The van der Waals surface area contributed by atoms with Gasteiger partial charge in [-0.2, -0.15) is 0 Å². The summed E-state index contributed by atoms with van der Waals surface area (Å²) in [5.41, 5.74) is 1.87. The Morgan fingerprint density at radius 2 is 1.95 bits per heavy atom. The zero-order valence-electron chi connectivity index (χ0n) is 13.2. The highest BCUT2D eigenvalue weighted by atomic mass is 16.5. The molecule has 0 aromatic carbocycles. The van der Waals surface area contributed by atoms with E-state index in [1.165, 1.54) is 49.9 Å². The van der Waals surface area contributed by atoms with E-state index < -0.39 is 0 Å². The predicted molar refractivity (Wildman–Crippen MR) is 82.0 cm³/mol. The van der Waals surface area contributed by atoms with E-state index in [9.17, 15) is 0 Å². The van der Waals surface area contributed by atoms with Crippen molar-refractivity contribution in [3.05, 3.63) is 23.5 Å². The normalized spacial score (nSPS) is 28.9. The third-order valence-electron chi connectivity index (χ3n) is 4.56. The molecule has 19 heavy (non-hydrogen) atoms. The van der Waals surface area contributed by atoms with Crippen molar-refractivity contribution in [3.8, 4) is 0 Å². The summed E-state index contributed by atoms with van der Waals surface area (Å²) in [5, 5.41) is 0. The quantitative estimate of drug-likeness (QED) is 0.473. The molecule has 0 saturated heterocycles. The molecule has 1 heteroatoms. The molecule has 0 bridgehead atoms. The molecule has 0 amide bonds. The van der Waals surface area contributed by atoms with Crippen LogP contribution in [0.1, 0.15) is 72.6 Å². The van der Waals surface area contributed by atoms with Crippen LogP contribution in [0.2, 0.25) is 0 Å². The van der Waals surface area contributed by atoms with Gasteiger partial charge in [0.15, 0.2) is 0 Å². The second-order valence-corrected chi connectivity index (χ2v) is 7.24. The lowest BCUT2D eigenvalue weighted by molar-refractivity contribution is 0.0721. The highest BCUT2D eigenvalue weighted by Gasteiger charge is 2.29. The van der Waals surface area contributed by atoms with Crippen molar-refractivity contribution in [1.29, 1.82) is 0 Å². The number of hydrogen-bond donors (Lipinski definition) is 0. The molecule has 0 aliphatic heterocycles. The van der Waals surface area contributed by atoms with Crippen LogP contribution in [-0.4, -0.2) is 6.10 Å². The van der Waals surface area contributed by atoms with Crippen LogP contribution in [0, 0.1) is 11.3 Å². The van der Waals surface area contributed by atoms with E-state index in [1.54, 1.807) is 0 Å². The minimum absolute atomic E-state index is 0.289. The van der Waals surface area contributed by atoms with Gasteiger partial charge in [0.25, 0.3) is 0 Å². The molecule has 1 fully saturated rings. The third-order valence-corrected chi connectivity index (χ3v) is 4.56. The first-order valence-electron chi connectivity index (χ1n) is 8.00.